The van der Waals surface area contributed by atoms with Crippen molar-refractivity contribution in [1.29, 1.82) is 0 Å². The first kappa shape index (κ1) is 14.2. The van der Waals surface area contributed by atoms with E-state index in [1.54, 1.807) is 0 Å². The second-order valence-electron chi connectivity index (χ2n) is 3.90. The Bertz CT molecular complexity index is 212. The van der Waals surface area contributed by atoms with Crippen LogP contribution >= 0.6 is 0 Å². The molecule has 0 spiro atoms. The van der Waals surface area contributed by atoms with Crippen molar-refractivity contribution in [3.05, 3.63) is 0 Å². The highest BCUT2D eigenvalue weighted by Gasteiger charge is 2.32. The second kappa shape index (κ2) is 5.97. The number of primary amides is 1. The van der Waals surface area contributed by atoms with Crippen LogP contribution in [0.25, 0.3) is 0 Å². The minimum atomic E-state index is -2.54. The van der Waals surface area contributed by atoms with E-state index in [1.807, 2.05) is 13.8 Å². The Hall–Kier alpha value is -0.750. The molecule has 15 heavy (non-hydrogen) atoms. The van der Waals surface area contributed by atoms with Crippen LogP contribution in [0.3, 0.4) is 0 Å². The number of carbonyl (C=O) groups excluding carboxylic acids is 1. The highest BCUT2D eigenvalue weighted by Crippen LogP contribution is 2.06. The van der Waals surface area contributed by atoms with Crippen molar-refractivity contribution in [1.82, 2.24) is 5.32 Å². The number of amides is 1. The summed E-state index contributed by atoms with van der Waals surface area (Å²) < 4.78 is 28.3. The van der Waals surface area contributed by atoms with Crippen molar-refractivity contribution in [2.45, 2.75) is 38.8 Å². The Labute approximate surface area is 88.2 Å². The molecule has 0 aliphatic carbocycles. The van der Waals surface area contributed by atoms with Gasteiger partial charge in [0, 0.05) is 6.04 Å². The largest absolute Gasteiger partial charge is 0.373 e. The van der Waals surface area contributed by atoms with Crippen LogP contribution in [0.1, 0.15) is 20.8 Å². The van der Waals surface area contributed by atoms with Crippen molar-refractivity contribution in [3.8, 4) is 0 Å². The zero-order valence-electron chi connectivity index (χ0n) is 9.22. The highest BCUT2D eigenvalue weighted by atomic mass is 19.3. The summed E-state index contributed by atoms with van der Waals surface area (Å²) in [4.78, 5) is 11.1. The van der Waals surface area contributed by atoms with Crippen molar-refractivity contribution < 1.29 is 18.3 Å². The van der Waals surface area contributed by atoms with Gasteiger partial charge in [0.15, 0.2) is 0 Å². The molecular formula is C9H18F2N2O2. The average molecular weight is 224 g/mol. The van der Waals surface area contributed by atoms with E-state index in [9.17, 15) is 13.6 Å². The Morgan fingerprint density at radius 2 is 2.07 bits per heavy atom. The number of halogens is 2. The molecule has 0 radical (unpaired) electrons. The van der Waals surface area contributed by atoms with Gasteiger partial charge in [0.2, 0.25) is 5.91 Å². The number of hydrogen-bond donors (Lipinski definition) is 2. The van der Waals surface area contributed by atoms with E-state index in [0.29, 0.717) is 0 Å². The van der Waals surface area contributed by atoms with Crippen molar-refractivity contribution in [3.63, 3.8) is 0 Å². The highest BCUT2D eigenvalue weighted by molar-refractivity contribution is 5.84. The molecule has 1 atom stereocenters. The van der Waals surface area contributed by atoms with Gasteiger partial charge in [0.1, 0.15) is 12.1 Å². The number of rotatable bonds is 7. The molecule has 0 aromatic rings. The maximum absolute atomic E-state index is 11.8. The third-order valence-electron chi connectivity index (χ3n) is 1.79. The van der Waals surface area contributed by atoms with Gasteiger partial charge in [-0.15, -0.1) is 0 Å². The summed E-state index contributed by atoms with van der Waals surface area (Å²) in [5.74, 6) is -0.620. The lowest BCUT2D eigenvalue weighted by Crippen LogP contribution is -2.58. The molecule has 0 saturated carbocycles. The number of nitrogens with two attached hydrogens (primary N) is 1. The molecule has 0 bridgehead atoms. The van der Waals surface area contributed by atoms with Crippen molar-refractivity contribution in [2.24, 2.45) is 5.73 Å². The summed E-state index contributed by atoms with van der Waals surface area (Å²) >= 11 is 0. The number of nitrogens with one attached hydrogen (secondary N) is 1. The normalized spacial score (nSPS) is 15.7. The second-order valence-corrected chi connectivity index (χ2v) is 3.90. The Morgan fingerprint density at radius 1 is 1.53 bits per heavy atom. The molecule has 0 rings (SSSR count). The molecule has 90 valence electrons. The lowest BCUT2D eigenvalue weighted by molar-refractivity contribution is -0.127. The molecule has 3 N–H and O–H groups in total. The van der Waals surface area contributed by atoms with Gasteiger partial charge in [-0.3, -0.25) is 10.1 Å². The van der Waals surface area contributed by atoms with E-state index in [0.717, 1.165) is 0 Å². The molecule has 0 fully saturated rings. The molecule has 0 aromatic carbocycles. The molecule has 0 heterocycles. The van der Waals surface area contributed by atoms with Gasteiger partial charge >= 0.3 is 0 Å². The minimum Gasteiger partial charge on any atom is -0.373 e. The van der Waals surface area contributed by atoms with Crippen LogP contribution in [-0.2, 0) is 9.53 Å². The van der Waals surface area contributed by atoms with E-state index >= 15 is 0 Å². The maximum Gasteiger partial charge on any atom is 0.261 e. The monoisotopic (exact) mass is 224 g/mol. The molecule has 0 aromatic heterocycles. The molecule has 6 heteroatoms. The van der Waals surface area contributed by atoms with Crippen LogP contribution in [0.4, 0.5) is 8.78 Å². The van der Waals surface area contributed by atoms with Crippen molar-refractivity contribution in [2.75, 3.05) is 13.2 Å². The standard InChI is InChI=1S/C9H18F2N2O2/c1-6(2)13-9(3,8(12)14)5-15-4-7(10)11/h6-7,13H,4-5H2,1-3H3,(H2,12,14). The number of ether oxygens (including phenoxy) is 1. The molecule has 1 unspecified atom stereocenters. The predicted molar refractivity (Wildman–Crippen MR) is 52.7 cm³/mol. The molecule has 4 nitrogen and oxygen atoms in total. The summed E-state index contributed by atoms with van der Waals surface area (Å²) in [7, 11) is 0. The lowest BCUT2D eigenvalue weighted by Gasteiger charge is -2.29. The van der Waals surface area contributed by atoms with E-state index in [2.05, 4.69) is 5.32 Å². The molecular weight excluding hydrogens is 206 g/mol. The van der Waals surface area contributed by atoms with E-state index in [1.165, 1.54) is 6.92 Å². The smallest absolute Gasteiger partial charge is 0.261 e. The van der Waals surface area contributed by atoms with Gasteiger partial charge in [-0.25, -0.2) is 8.78 Å². The number of hydrogen-bond acceptors (Lipinski definition) is 3. The number of alkyl halides is 2. The maximum atomic E-state index is 11.8. The van der Waals surface area contributed by atoms with E-state index in [4.69, 9.17) is 10.5 Å². The summed E-state index contributed by atoms with van der Waals surface area (Å²) in [6.45, 7) is 4.33. The third-order valence-corrected chi connectivity index (χ3v) is 1.79. The topological polar surface area (TPSA) is 64.3 Å². The fraction of sp³-hybridized carbons (Fsp3) is 0.889. The van der Waals surface area contributed by atoms with Gasteiger partial charge in [-0.05, 0) is 20.8 Å². The van der Waals surface area contributed by atoms with E-state index < -0.39 is 24.5 Å². The van der Waals surface area contributed by atoms with Crippen LogP contribution < -0.4 is 11.1 Å². The van der Waals surface area contributed by atoms with Crippen LogP contribution in [0.15, 0.2) is 0 Å². The first-order valence-electron chi connectivity index (χ1n) is 4.71. The van der Waals surface area contributed by atoms with Crippen LogP contribution in [0.5, 0.6) is 0 Å². The quantitative estimate of drug-likeness (QED) is 0.662. The van der Waals surface area contributed by atoms with Crippen molar-refractivity contribution >= 4 is 5.91 Å². The minimum absolute atomic E-state index is 0.0117. The molecule has 0 saturated heterocycles. The van der Waals surface area contributed by atoms with Gasteiger partial charge in [0.25, 0.3) is 6.43 Å². The fourth-order valence-corrected chi connectivity index (χ4v) is 1.17. The molecule has 0 aliphatic heterocycles. The molecule has 1 amide bonds. The van der Waals surface area contributed by atoms with Crippen LogP contribution in [0, 0.1) is 0 Å². The summed E-state index contributed by atoms with van der Waals surface area (Å²) in [6, 6.07) is 0.0117. The fourth-order valence-electron chi connectivity index (χ4n) is 1.17. The summed E-state index contributed by atoms with van der Waals surface area (Å²) in [5, 5.41) is 2.88. The van der Waals surface area contributed by atoms with E-state index in [-0.39, 0.29) is 12.6 Å². The first-order chi connectivity index (χ1) is 6.78. The zero-order valence-corrected chi connectivity index (χ0v) is 9.22. The summed E-state index contributed by atoms with van der Waals surface area (Å²) in [5.41, 5.74) is 4.06. The first-order valence-corrected chi connectivity index (χ1v) is 4.71. The van der Waals surface area contributed by atoms with Gasteiger partial charge in [-0.1, -0.05) is 0 Å². The zero-order chi connectivity index (χ0) is 12.1. The third kappa shape index (κ3) is 5.64. The Balaban J connectivity index is 4.20. The number of carbonyl (C=O) groups is 1. The molecule has 0 aliphatic rings. The van der Waals surface area contributed by atoms with Gasteiger partial charge in [-0.2, -0.15) is 0 Å². The Morgan fingerprint density at radius 3 is 2.40 bits per heavy atom. The van der Waals surface area contributed by atoms with Crippen LogP contribution in [0.2, 0.25) is 0 Å². The van der Waals surface area contributed by atoms with Gasteiger partial charge in [0.05, 0.1) is 6.61 Å². The Kier molecular flexibility index (Phi) is 5.67. The van der Waals surface area contributed by atoms with Gasteiger partial charge < -0.3 is 10.5 Å². The lowest BCUT2D eigenvalue weighted by atomic mass is 10.0. The predicted octanol–water partition coefficient (Wildman–Crippen LogP) is 0.510. The SMILES string of the molecule is CC(C)NC(C)(COCC(F)F)C(N)=O. The van der Waals surface area contributed by atoms with Crippen LogP contribution in [-0.4, -0.2) is 37.1 Å². The summed E-state index contributed by atoms with van der Waals surface area (Å²) in [6.07, 6.45) is -2.54. The average Bonchev–Trinajstić information content (AvgIpc) is 2.01.